The van der Waals surface area contributed by atoms with Crippen LogP contribution in [-0.2, 0) is 25.6 Å². The Bertz CT molecular complexity index is 1310. The number of carbonyl (C=O) groups is 5. The molecule has 5 rings (SSSR count). The van der Waals surface area contributed by atoms with Gasteiger partial charge in [-0.3, -0.25) is 24.0 Å². The quantitative estimate of drug-likeness (QED) is 0.426. The molecule has 2 saturated carbocycles. The summed E-state index contributed by atoms with van der Waals surface area (Å²) in [5, 5.41) is 21.7. The van der Waals surface area contributed by atoms with Gasteiger partial charge in [-0.05, 0) is 48.1 Å². The normalized spacial score (nSPS) is 30.4. The first kappa shape index (κ1) is 22.0. The van der Waals surface area contributed by atoms with Gasteiger partial charge in [0, 0.05) is 24.1 Å². The van der Waals surface area contributed by atoms with Crippen molar-refractivity contribution in [3.8, 4) is 16.9 Å². The van der Waals surface area contributed by atoms with E-state index in [4.69, 9.17) is 5.73 Å². The average Bonchev–Trinajstić information content (AvgIpc) is 2.77. The van der Waals surface area contributed by atoms with Gasteiger partial charge >= 0.3 is 0 Å². The number of halogens is 1. The minimum Gasteiger partial charge on any atom is -0.507 e. The van der Waals surface area contributed by atoms with Gasteiger partial charge in [0.25, 0.3) is 0 Å². The van der Waals surface area contributed by atoms with Crippen molar-refractivity contribution in [2.24, 2.45) is 29.4 Å². The Morgan fingerprint density at radius 1 is 1.09 bits per heavy atom. The Kier molecular flexibility index (Phi) is 4.77. The molecule has 174 valence electrons. The van der Waals surface area contributed by atoms with Crippen LogP contribution in [0, 0.1) is 29.6 Å². The largest absolute Gasteiger partial charge is 0.507 e. The first-order valence-corrected chi connectivity index (χ1v) is 10.7. The maximum atomic E-state index is 13.5. The molecule has 2 aromatic rings. The van der Waals surface area contributed by atoms with Gasteiger partial charge < -0.3 is 15.9 Å². The molecule has 1 amide bonds. The standard InChI is InChI=1S/C24H19FN2O7/c25-16-4-1-9(8-27-16)12-2-3-14(28)18-13(12)6-10-5-11-7-15(29)19(23(26)33)22(32)24(11,34)21(31)17(10)20(18)30/h1-4,8,10-11,17,19,28,34H,5-7H2,(H2,26,33)/t10-,11+,17?,19?,24+/m1/s1. The van der Waals surface area contributed by atoms with Crippen LogP contribution in [-0.4, -0.2) is 49.8 Å². The number of pyridine rings is 1. The predicted molar refractivity (Wildman–Crippen MR) is 112 cm³/mol. The molecule has 1 aromatic carbocycles. The third-order valence-electron chi connectivity index (χ3n) is 7.32. The third-order valence-corrected chi connectivity index (χ3v) is 7.32. The number of primary amides is 1. The van der Waals surface area contributed by atoms with Gasteiger partial charge in [0.1, 0.15) is 5.75 Å². The zero-order chi connectivity index (χ0) is 24.5. The van der Waals surface area contributed by atoms with Crippen LogP contribution in [0.1, 0.15) is 28.8 Å². The molecule has 0 radical (unpaired) electrons. The lowest BCUT2D eigenvalue weighted by Gasteiger charge is -2.48. The number of benzene rings is 1. The number of phenolic OH excluding ortho intramolecular Hbond substituents is 1. The van der Waals surface area contributed by atoms with Crippen LogP contribution < -0.4 is 5.73 Å². The molecule has 1 aromatic heterocycles. The van der Waals surface area contributed by atoms with E-state index in [1.807, 2.05) is 0 Å². The molecule has 5 atom stereocenters. The van der Waals surface area contributed by atoms with Crippen molar-refractivity contribution in [3.63, 3.8) is 0 Å². The van der Waals surface area contributed by atoms with Crippen LogP contribution in [0.15, 0.2) is 30.5 Å². The van der Waals surface area contributed by atoms with Gasteiger partial charge in [0.05, 0.1) is 11.5 Å². The fourth-order valence-corrected chi connectivity index (χ4v) is 5.77. The highest BCUT2D eigenvalue weighted by atomic mass is 19.1. The molecule has 2 fully saturated rings. The molecule has 34 heavy (non-hydrogen) atoms. The molecule has 0 aliphatic heterocycles. The number of fused-ring (bicyclic) bond motifs is 3. The van der Waals surface area contributed by atoms with Gasteiger partial charge in [-0.25, -0.2) is 4.98 Å². The van der Waals surface area contributed by atoms with Crippen LogP contribution in [0.2, 0.25) is 0 Å². The van der Waals surface area contributed by atoms with E-state index in [1.54, 1.807) is 6.07 Å². The minimum absolute atomic E-state index is 0.00217. The number of aromatic hydroxyl groups is 1. The third kappa shape index (κ3) is 2.88. The molecular weight excluding hydrogens is 447 g/mol. The number of aliphatic hydroxyl groups is 1. The van der Waals surface area contributed by atoms with Crippen LogP contribution in [0.4, 0.5) is 4.39 Å². The van der Waals surface area contributed by atoms with E-state index < -0.39 is 70.7 Å². The lowest BCUT2D eigenvalue weighted by atomic mass is 9.53. The highest BCUT2D eigenvalue weighted by molar-refractivity contribution is 6.31. The second-order valence-corrected chi connectivity index (χ2v) is 9.09. The van der Waals surface area contributed by atoms with Gasteiger partial charge in [0.15, 0.2) is 34.7 Å². The lowest BCUT2D eigenvalue weighted by molar-refractivity contribution is -0.175. The maximum absolute atomic E-state index is 13.5. The van der Waals surface area contributed by atoms with Crippen molar-refractivity contribution < 1.29 is 38.6 Å². The number of nitrogens with two attached hydrogens (primary N) is 1. The summed E-state index contributed by atoms with van der Waals surface area (Å²) in [6.45, 7) is 0. The van der Waals surface area contributed by atoms with Crippen LogP contribution >= 0.6 is 0 Å². The van der Waals surface area contributed by atoms with E-state index in [-0.39, 0.29) is 24.2 Å². The summed E-state index contributed by atoms with van der Waals surface area (Å²) in [6, 6.07) is 5.45. The van der Waals surface area contributed by atoms with Crippen molar-refractivity contribution in [3.05, 3.63) is 47.5 Å². The summed E-state index contributed by atoms with van der Waals surface area (Å²) in [5.41, 5.74) is 3.81. The van der Waals surface area contributed by atoms with E-state index in [0.29, 0.717) is 16.7 Å². The summed E-state index contributed by atoms with van der Waals surface area (Å²) in [5.74, 6) is -11.4. The molecule has 1 heterocycles. The Balaban J connectivity index is 1.61. The smallest absolute Gasteiger partial charge is 0.235 e. The highest BCUT2D eigenvalue weighted by Crippen LogP contribution is 2.51. The molecular formula is C24H19FN2O7. The average molecular weight is 466 g/mol. The highest BCUT2D eigenvalue weighted by Gasteiger charge is 2.66. The molecule has 0 spiro atoms. The first-order valence-electron chi connectivity index (χ1n) is 10.7. The van der Waals surface area contributed by atoms with Gasteiger partial charge in [-0.1, -0.05) is 6.07 Å². The van der Waals surface area contributed by atoms with Crippen molar-refractivity contribution >= 4 is 29.0 Å². The SMILES string of the molecule is NC(=O)C1C(=O)C[C@@H]2C[C@@H]3Cc4c(-c5ccc(F)nc5)ccc(O)c4C(=O)C3C(=O)[C@]2(O)C1=O. The Morgan fingerprint density at radius 3 is 2.47 bits per heavy atom. The number of rotatable bonds is 2. The number of hydrogen-bond acceptors (Lipinski definition) is 8. The zero-order valence-electron chi connectivity index (χ0n) is 17.7. The number of phenols is 1. The molecule has 4 N–H and O–H groups in total. The number of nitrogens with zero attached hydrogens (tertiary/aromatic N) is 1. The number of ketones is 4. The second-order valence-electron chi connectivity index (χ2n) is 9.09. The molecule has 2 unspecified atom stereocenters. The maximum Gasteiger partial charge on any atom is 0.235 e. The van der Waals surface area contributed by atoms with E-state index in [9.17, 15) is 38.6 Å². The monoisotopic (exact) mass is 466 g/mol. The number of carbonyl (C=O) groups excluding carboxylic acids is 5. The van der Waals surface area contributed by atoms with Crippen LogP contribution in [0.3, 0.4) is 0 Å². The minimum atomic E-state index is -2.68. The topological polar surface area (TPSA) is 165 Å². The van der Waals surface area contributed by atoms with E-state index in [2.05, 4.69) is 4.98 Å². The summed E-state index contributed by atoms with van der Waals surface area (Å²) < 4.78 is 13.3. The Hall–Kier alpha value is -3.79. The lowest BCUT2D eigenvalue weighted by Crippen LogP contribution is -2.68. The summed E-state index contributed by atoms with van der Waals surface area (Å²) in [7, 11) is 0. The second kappa shape index (κ2) is 7.36. The summed E-state index contributed by atoms with van der Waals surface area (Å²) >= 11 is 0. The molecule has 0 bridgehead atoms. The molecule has 3 aliphatic carbocycles. The van der Waals surface area contributed by atoms with Crippen LogP contribution in [0.25, 0.3) is 11.1 Å². The zero-order valence-corrected chi connectivity index (χ0v) is 17.7. The van der Waals surface area contributed by atoms with Crippen molar-refractivity contribution in [1.82, 2.24) is 4.98 Å². The Labute approximate surface area is 191 Å². The molecule has 0 saturated heterocycles. The first-order chi connectivity index (χ1) is 16.1. The fourth-order valence-electron chi connectivity index (χ4n) is 5.77. The van der Waals surface area contributed by atoms with Gasteiger partial charge in [-0.15, -0.1) is 0 Å². The molecule has 10 heteroatoms. The summed E-state index contributed by atoms with van der Waals surface area (Å²) in [4.78, 5) is 67.5. The van der Waals surface area contributed by atoms with E-state index in [1.165, 1.54) is 18.3 Å². The van der Waals surface area contributed by atoms with Crippen LogP contribution in [0.5, 0.6) is 5.75 Å². The fraction of sp³-hybridized carbons (Fsp3) is 0.333. The van der Waals surface area contributed by atoms with E-state index >= 15 is 0 Å². The molecule has 3 aliphatic rings. The number of aromatic nitrogens is 1. The predicted octanol–water partition coefficient (Wildman–Crippen LogP) is 0.528. The molecule has 9 nitrogen and oxygen atoms in total. The van der Waals surface area contributed by atoms with Gasteiger partial charge in [0.2, 0.25) is 11.9 Å². The number of Topliss-reactive ketones (excluding diaryl/α,β-unsaturated/α-hetero) is 4. The van der Waals surface area contributed by atoms with Crippen molar-refractivity contribution in [2.75, 3.05) is 0 Å². The summed E-state index contributed by atoms with van der Waals surface area (Å²) in [6.07, 6.45) is 1.01. The van der Waals surface area contributed by atoms with Gasteiger partial charge in [-0.2, -0.15) is 4.39 Å². The number of hydrogen-bond donors (Lipinski definition) is 3. The van der Waals surface area contributed by atoms with E-state index in [0.717, 1.165) is 6.07 Å². The van der Waals surface area contributed by atoms with Crippen molar-refractivity contribution in [2.45, 2.75) is 24.9 Å². The number of amides is 1. The Morgan fingerprint density at radius 2 is 1.82 bits per heavy atom. The van der Waals surface area contributed by atoms with Crippen molar-refractivity contribution in [1.29, 1.82) is 0 Å².